The Morgan fingerprint density at radius 1 is 1.31 bits per heavy atom. The first kappa shape index (κ1) is 21.0. The number of anilines is 1. The van der Waals surface area contributed by atoms with Crippen molar-refractivity contribution in [2.75, 3.05) is 24.5 Å². The van der Waals surface area contributed by atoms with Crippen LogP contribution < -0.4 is 15.5 Å². The van der Waals surface area contributed by atoms with E-state index in [2.05, 4.69) is 15.6 Å². The Labute approximate surface area is 172 Å². The van der Waals surface area contributed by atoms with Gasteiger partial charge in [0.15, 0.2) is 5.96 Å². The predicted octanol–water partition coefficient (Wildman–Crippen LogP) is 2.27. The van der Waals surface area contributed by atoms with Crippen molar-refractivity contribution in [3.05, 3.63) is 30.3 Å². The molecule has 1 aliphatic carbocycles. The van der Waals surface area contributed by atoms with Crippen LogP contribution >= 0.6 is 24.0 Å². The molecule has 1 heterocycles. The van der Waals surface area contributed by atoms with Gasteiger partial charge in [-0.25, -0.2) is 0 Å². The predicted molar refractivity (Wildman–Crippen MR) is 115 cm³/mol. The van der Waals surface area contributed by atoms with E-state index >= 15 is 0 Å². The van der Waals surface area contributed by atoms with Crippen LogP contribution in [0.3, 0.4) is 0 Å². The van der Waals surface area contributed by atoms with Crippen molar-refractivity contribution in [3.8, 4) is 0 Å². The highest BCUT2D eigenvalue weighted by atomic mass is 127. The molecular formula is C19H29IN4O2. The van der Waals surface area contributed by atoms with Crippen LogP contribution in [0.2, 0.25) is 0 Å². The molecule has 1 saturated heterocycles. The van der Waals surface area contributed by atoms with Gasteiger partial charge in [0.05, 0.1) is 18.2 Å². The standard InChI is InChI=1S/C19H28N4O2.HI/c1-2-20-18(21-14-19(25)10-6-7-11-19)22-15-12-17(24)23(13-15)16-8-4-3-5-9-16;/h3-5,8-9,15,25H,2,6-7,10-14H2,1H3,(H2,20,21,22);1H. The van der Waals surface area contributed by atoms with E-state index in [0.29, 0.717) is 25.5 Å². The first-order valence-electron chi connectivity index (χ1n) is 9.22. The van der Waals surface area contributed by atoms with Gasteiger partial charge >= 0.3 is 0 Å². The maximum atomic E-state index is 12.3. The Hall–Kier alpha value is -1.35. The molecule has 6 nitrogen and oxygen atoms in total. The smallest absolute Gasteiger partial charge is 0.229 e. The highest BCUT2D eigenvalue weighted by Gasteiger charge is 2.32. The molecule has 1 atom stereocenters. The summed E-state index contributed by atoms with van der Waals surface area (Å²) in [6, 6.07) is 9.76. The molecule has 1 saturated carbocycles. The van der Waals surface area contributed by atoms with Crippen LogP contribution in [0, 0.1) is 0 Å². The molecule has 2 fully saturated rings. The van der Waals surface area contributed by atoms with Crippen LogP contribution in [0.5, 0.6) is 0 Å². The Morgan fingerprint density at radius 3 is 2.65 bits per heavy atom. The lowest BCUT2D eigenvalue weighted by atomic mass is 10.0. The van der Waals surface area contributed by atoms with Gasteiger partial charge in [-0.15, -0.1) is 24.0 Å². The summed E-state index contributed by atoms with van der Waals surface area (Å²) in [5, 5.41) is 17.0. The second-order valence-corrected chi connectivity index (χ2v) is 7.01. The number of guanidine groups is 1. The number of aliphatic hydroxyl groups is 1. The molecule has 2 aliphatic rings. The van der Waals surface area contributed by atoms with E-state index in [1.807, 2.05) is 42.2 Å². The van der Waals surface area contributed by atoms with E-state index < -0.39 is 5.60 Å². The number of nitrogens with zero attached hydrogens (tertiary/aromatic N) is 2. The lowest BCUT2D eigenvalue weighted by molar-refractivity contribution is -0.117. The third-order valence-corrected chi connectivity index (χ3v) is 4.94. The number of carbonyl (C=O) groups is 1. The zero-order chi connectivity index (χ0) is 17.7. The van der Waals surface area contributed by atoms with Crippen molar-refractivity contribution >= 4 is 41.5 Å². The van der Waals surface area contributed by atoms with Gasteiger partial charge in [-0.05, 0) is 31.9 Å². The minimum Gasteiger partial charge on any atom is -0.388 e. The summed E-state index contributed by atoms with van der Waals surface area (Å²) in [6.07, 6.45) is 4.22. The maximum Gasteiger partial charge on any atom is 0.229 e. The summed E-state index contributed by atoms with van der Waals surface area (Å²) in [7, 11) is 0. The zero-order valence-corrected chi connectivity index (χ0v) is 17.6. The lowest BCUT2D eigenvalue weighted by Crippen LogP contribution is -2.45. The Morgan fingerprint density at radius 2 is 2.00 bits per heavy atom. The molecule has 1 amide bonds. The summed E-state index contributed by atoms with van der Waals surface area (Å²) in [4.78, 5) is 18.7. The summed E-state index contributed by atoms with van der Waals surface area (Å²) < 4.78 is 0. The second kappa shape index (κ2) is 9.55. The lowest BCUT2D eigenvalue weighted by Gasteiger charge is -2.22. The fraction of sp³-hybridized carbons (Fsp3) is 0.579. The van der Waals surface area contributed by atoms with E-state index in [1.165, 1.54) is 0 Å². The highest BCUT2D eigenvalue weighted by molar-refractivity contribution is 14.0. The van der Waals surface area contributed by atoms with Crippen molar-refractivity contribution in [1.82, 2.24) is 10.6 Å². The maximum absolute atomic E-state index is 12.3. The van der Waals surface area contributed by atoms with Crippen molar-refractivity contribution in [1.29, 1.82) is 0 Å². The molecule has 3 N–H and O–H groups in total. The summed E-state index contributed by atoms with van der Waals surface area (Å²) in [5.74, 6) is 0.796. The van der Waals surface area contributed by atoms with E-state index in [1.54, 1.807) is 0 Å². The fourth-order valence-electron chi connectivity index (χ4n) is 3.59. The van der Waals surface area contributed by atoms with Gasteiger partial charge in [-0.3, -0.25) is 9.79 Å². The number of aliphatic imine (C=N–C) groups is 1. The van der Waals surface area contributed by atoms with Crippen LogP contribution in [0.25, 0.3) is 0 Å². The number of rotatable bonds is 5. The molecule has 1 aliphatic heterocycles. The molecule has 144 valence electrons. The Balaban J connectivity index is 0.00000243. The summed E-state index contributed by atoms with van der Waals surface area (Å²) in [5.41, 5.74) is 0.267. The molecule has 1 unspecified atom stereocenters. The third-order valence-electron chi connectivity index (χ3n) is 4.94. The topological polar surface area (TPSA) is 77.0 Å². The molecule has 0 aromatic heterocycles. The van der Waals surface area contributed by atoms with Crippen molar-refractivity contribution in [2.45, 2.75) is 50.7 Å². The normalized spacial score (nSPS) is 22.2. The van der Waals surface area contributed by atoms with Gasteiger partial charge in [0, 0.05) is 25.2 Å². The number of hydrogen-bond donors (Lipinski definition) is 3. The number of para-hydroxylation sites is 1. The minimum atomic E-state index is -0.663. The monoisotopic (exact) mass is 472 g/mol. The molecule has 26 heavy (non-hydrogen) atoms. The van der Waals surface area contributed by atoms with Gasteiger partial charge in [-0.1, -0.05) is 31.0 Å². The molecule has 1 aromatic rings. The quantitative estimate of drug-likeness (QED) is 0.349. The number of halogens is 1. The first-order valence-corrected chi connectivity index (χ1v) is 9.22. The van der Waals surface area contributed by atoms with Crippen molar-refractivity contribution in [3.63, 3.8) is 0 Å². The average molecular weight is 472 g/mol. The highest BCUT2D eigenvalue weighted by Crippen LogP contribution is 2.29. The number of hydrogen-bond acceptors (Lipinski definition) is 3. The summed E-state index contributed by atoms with van der Waals surface area (Å²) in [6.45, 7) is 3.79. The summed E-state index contributed by atoms with van der Waals surface area (Å²) >= 11 is 0. The van der Waals surface area contributed by atoms with Gasteiger partial charge in [0.25, 0.3) is 0 Å². The number of benzene rings is 1. The van der Waals surface area contributed by atoms with Crippen LogP contribution in [0.15, 0.2) is 35.3 Å². The second-order valence-electron chi connectivity index (χ2n) is 7.01. The molecule has 7 heteroatoms. The van der Waals surface area contributed by atoms with Crippen molar-refractivity contribution < 1.29 is 9.90 Å². The number of amides is 1. The van der Waals surface area contributed by atoms with Gasteiger partial charge in [0.1, 0.15) is 0 Å². The number of nitrogens with one attached hydrogen (secondary N) is 2. The molecular weight excluding hydrogens is 443 g/mol. The van der Waals surface area contributed by atoms with Crippen LogP contribution in [0.1, 0.15) is 39.0 Å². The molecule has 3 rings (SSSR count). The molecule has 0 spiro atoms. The van der Waals surface area contributed by atoms with Gasteiger partial charge in [0.2, 0.25) is 5.91 Å². The molecule has 0 bridgehead atoms. The first-order chi connectivity index (χ1) is 12.1. The van der Waals surface area contributed by atoms with E-state index in [4.69, 9.17) is 0 Å². The van der Waals surface area contributed by atoms with E-state index in [-0.39, 0.29) is 35.9 Å². The molecule has 1 aromatic carbocycles. The van der Waals surface area contributed by atoms with Crippen LogP contribution in [0.4, 0.5) is 5.69 Å². The van der Waals surface area contributed by atoms with Gasteiger partial charge in [-0.2, -0.15) is 0 Å². The van der Waals surface area contributed by atoms with E-state index in [0.717, 1.165) is 37.9 Å². The Bertz CT molecular complexity index is 617. The fourth-order valence-corrected chi connectivity index (χ4v) is 3.59. The minimum absolute atomic E-state index is 0. The van der Waals surface area contributed by atoms with Gasteiger partial charge < -0.3 is 20.6 Å². The van der Waals surface area contributed by atoms with Crippen LogP contribution in [-0.4, -0.2) is 48.3 Å². The largest absolute Gasteiger partial charge is 0.388 e. The van der Waals surface area contributed by atoms with Crippen molar-refractivity contribution in [2.24, 2.45) is 4.99 Å². The average Bonchev–Trinajstić information content (AvgIpc) is 3.20. The third kappa shape index (κ3) is 5.33. The SMILES string of the molecule is CCNC(=NCC1(O)CCCC1)NC1CC(=O)N(c2ccccc2)C1.I. The number of carbonyl (C=O) groups excluding carboxylic acids is 1. The molecule has 0 radical (unpaired) electrons. The van der Waals surface area contributed by atoms with Crippen LogP contribution in [-0.2, 0) is 4.79 Å². The Kier molecular flexibility index (Phi) is 7.69. The zero-order valence-electron chi connectivity index (χ0n) is 15.3. The van der Waals surface area contributed by atoms with E-state index in [9.17, 15) is 9.90 Å².